The number of hydrogen-bond donors (Lipinski definition) is 2. The summed E-state index contributed by atoms with van der Waals surface area (Å²) in [6, 6.07) is 7.93. The van der Waals surface area contributed by atoms with Gasteiger partial charge >= 0.3 is 0 Å². The van der Waals surface area contributed by atoms with Gasteiger partial charge in [0.1, 0.15) is 12.7 Å². The Morgan fingerprint density at radius 3 is 2.74 bits per heavy atom. The molecule has 2 atom stereocenters. The number of nitrogens with zero attached hydrogens (tertiary/aromatic N) is 3. The third-order valence-electron chi connectivity index (χ3n) is 3.92. The van der Waals surface area contributed by atoms with Crippen molar-refractivity contribution in [3.05, 3.63) is 42.5 Å². The highest BCUT2D eigenvalue weighted by Gasteiger charge is 2.28. The molecule has 0 spiro atoms. The average Bonchev–Trinajstić information content (AvgIpc) is 3.12. The smallest absolute Gasteiger partial charge is 0.227 e. The highest BCUT2D eigenvalue weighted by Crippen LogP contribution is 2.26. The maximum Gasteiger partial charge on any atom is 0.227 e. The van der Waals surface area contributed by atoms with Crippen LogP contribution in [0.3, 0.4) is 0 Å². The van der Waals surface area contributed by atoms with Crippen molar-refractivity contribution in [2.45, 2.75) is 31.8 Å². The molecule has 0 radical (unpaired) electrons. The van der Waals surface area contributed by atoms with Gasteiger partial charge in [0.2, 0.25) is 5.91 Å². The molecular formula is C15H21Cl2N5O. The molecule has 1 heterocycles. The van der Waals surface area contributed by atoms with Gasteiger partial charge in [-0.3, -0.25) is 4.79 Å². The Morgan fingerprint density at radius 1 is 1.30 bits per heavy atom. The second kappa shape index (κ2) is 8.86. The zero-order valence-electron chi connectivity index (χ0n) is 12.6. The Morgan fingerprint density at radius 2 is 2.09 bits per heavy atom. The topological polar surface area (TPSA) is 85.8 Å². The predicted octanol–water partition coefficient (Wildman–Crippen LogP) is 2.24. The van der Waals surface area contributed by atoms with E-state index >= 15 is 0 Å². The van der Waals surface area contributed by atoms with Gasteiger partial charge in [-0.05, 0) is 30.9 Å². The lowest BCUT2D eigenvalue weighted by Crippen LogP contribution is -2.23. The van der Waals surface area contributed by atoms with Crippen LogP contribution in [0.4, 0.5) is 5.69 Å². The van der Waals surface area contributed by atoms with Gasteiger partial charge in [-0.15, -0.1) is 24.8 Å². The highest BCUT2D eigenvalue weighted by atomic mass is 35.5. The van der Waals surface area contributed by atoms with E-state index in [1.165, 1.54) is 6.33 Å². The molecule has 1 aliphatic rings. The van der Waals surface area contributed by atoms with Gasteiger partial charge in [-0.2, -0.15) is 5.10 Å². The van der Waals surface area contributed by atoms with Gasteiger partial charge in [-0.25, -0.2) is 9.67 Å². The Hall–Kier alpha value is -1.63. The number of para-hydroxylation sites is 1. The molecule has 1 aromatic heterocycles. The van der Waals surface area contributed by atoms with E-state index < -0.39 is 0 Å². The molecule has 1 amide bonds. The lowest BCUT2D eigenvalue weighted by molar-refractivity contribution is -0.119. The number of anilines is 1. The normalized spacial score (nSPS) is 19.5. The molecule has 3 rings (SSSR count). The monoisotopic (exact) mass is 357 g/mol. The van der Waals surface area contributed by atoms with Crippen LogP contribution in [0, 0.1) is 5.92 Å². The molecule has 1 saturated carbocycles. The molecule has 0 aliphatic heterocycles. The Balaban J connectivity index is 0.00000132. The third-order valence-corrected chi connectivity index (χ3v) is 3.92. The van der Waals surface area contributed by atoms with Crippen molar-refractivity contribution in [2.75, 3.05) is 5.32 Å². The van der Waals surface area contributed by atoms with E-state index in [-0.39, 0.29) is 42.7 Å². The van der Waals surface area contributed by atoms with E-state index in [0.29, 0.717) is 6.54 Å². The predicted molar refractivity (Wildman–Crippen MR) is 94.0 cm³/mol. The van der Waals surface area contributed by atoms with Crippen molar-refractivity contribution in [3.8, 4) is 0 Å². The summed E-state index contributed by atoms with van der Waals surface area (Å²) >= 11 is 0. The van der Waals surface area contributed by atoms with Crippen molar-refractivity contribution < 1.29 is 4.79 Å². The Bertz CT molecular complexity index is 620. The molecule has 8 heteroatoms. The summed E-state index contributed by atoms with van der Waals surface area (Å²) in [6.07, 6.45) is 5.74. The van der Waals surface area contributed by atoms with E-state index in [1.54, 1.807) is 11.0 Å². The van der Waals surface area contributed by atoms with Crippen LogP contribution in [0.5, 0.6) is 0 Å². The molecule has 0 saturated heterocycles. The molecular weight excluding hydrogens is 337 g/mol. The number of carbonyl (C=O) groups excluding carboxylic acids is 1. The number of carbonyl (C=O) groups is 1. The zero-order chi connectivity index (χ0) is 14.7. The summed E-state index contributed by atoms with van der Waals surface area (Å²) in [5, 5.41) is 7.12. The first-order valence-corrected chi connectivity index (χ1v) is 7.19. The largest absolute Gasteiger partial charge is 0.328 e. The van der Waals surface area contributed by atoms with Crippen LogP contribution < -0.4 is 11.1 Å². The molecule has 0 bridgehead atoms. The standard InChI is InChI=1S/C15H19N5O.2ClH/c16-13-6-5-11(7-13)15(21)19-14-4-2-1-3-12(14)8-20-10-17-9-18-20;;/h1-4,9-11,13H,5-8,16H2,(H,19,21);2*1H. The minimum atomic E-state index is 0. The van der Waals surface area contributed by atoms with Gasteiger partial charge in [0, 0.05) is 17.6 Å². The zero-order valence-corrected chi connectivity index (χ0v) is 14.2. The van der Waals surface area contributed by atoms with Gasteiger partial charge in [-0.1, -0.05) is 18.2 Å². The minimum Gasteiger partial charge on any atom is -0.328 e. The van der Waals surface area contributed by atoms with Crippen molar-refractivity contribution >= 4 is 36.4 Å². The number of rotatable bonds is 4. The number of aromatic nitrogens is 3. The van der Waals surface area contributed by atoms with Crippen molar-refractivity contribution in [1.29, 1.82) is 0 Å². The first-order chi connectivity index (χ1) is 10.2. The molecule has 126 valence electrons. The van der Waals surface area contributed by atoms with Crippen molar-refractivity contribution in [1.82, 2.24) is 14.8 Å². The second-order valence-electron chi connectivity index (χ2n) is 5.51. The third kappa shape index (κ3) is 4.92. The van der Waals surface area contributed by atoms with Crippen LogP contribution in [0.15, 0.2) is 36.9 Å². The molecule has 2 aromatic rings. The number of amides is 1. The van der Waals surface area contributed by atoms with Crippen molar-refractivity contribution in [3.63, 3.8) is 0 Å². The Kier molecular flexibility index (Phi) is 7.48. The molecule has 23 heavy (non-hydrogen) atoms. The molecule has 2 unspecified atom stereocenters. The summed E-state index contributed by atoms with van der Waals surface area (Å²) in [6.45, 7) is 0.584. The number of nitrogens with one attached hydrogen (secondary N) is 1. The van der Waals surface area contributed by atoms with Crippen LogP contribution in [-0.2, 0) is 11.3 Å². The van der Waals surface area contributed by atoms with Crippen LogP contribution in [0.25, 0.3) is 0 Å². The lowest BCUT2D eigenvalue weighted by atomic mass is 10.1. The fourth-order valence-electron chi connectivity index (χ4n) is 2.76. The molecule has 1 aromatic carbocycles. The maximum absolute atomic E-state index is 12.3. The summed E-state index contributed by atoms with van der Waals surface area (Å²) < 4.78 is 1.73. The first-order valence-electron chi connectivity index (χ1n) is 7.19. The van der Waals surface area contributed by atoms with E-state index in [9.17, 15) is 4.79 Å². The van der Waals surface area contributed by atoms with Crippen LogP contribution in [-0.4, -0.2) is 26.7 Å². The van der Waals surface area contributed by atoms with Gasteiger partial charge in [0.15, 0.2) is 0 Å². The van der Waals surface area contributed by atoms with Gasteiger partial charge in [0.05, 0.1) is 6.54 Å². The number of nitrogens with two attached hydrogens (primary N) is 1. The number of hydrogen-bond acceptors (Lipinski definition) is 4. The van der Waals surface area contributed by atoms with Gasteiger partial charge < -0.3 is 11.1 Å². The molecule has 1 fully saturated rings. The molecule has 3 N–H and O–H groups in total. The summed E-state index contributed by atoms with van der Waals surface area (Å²) in [4.78, 5) is 16.2. The second-order valence-corrected chi connectivity index (χ2v) is 5.51. The Labute approximate surface area is 147 Å². The first kappa shape index (κ1) is 19.4. The maximum atomic E-state index is 12.3. The average molecular weight is 358 g/mol. The minimum absolute atomic E-state index is 0. The van der Waals surface area contributed by atoms with Gasteiger partial charge in [0.25, 0.3) is 0 Å². The quantitative estimate of drug-likeness (QED) is 0.878. The molecule has 1 aliphatic carbocycles. The van der Waals surface area contributed by atoms with E-state index in [0.717, 1.165) is 30.5 Å². The van der Waals surface area contributed by atoms with E-state index in [1.807, 2.05) is 24.3 Å². The van der Waals surface area contributed by atoms with Crippen LogP contribution in [0.2, 0.25) is 0 Å². The summed E-state index contributed by atoms with van der Waals surface area (Å²) in [7, 11) is 0. The van der Waals surface area contributed by atoms with Crippen LogP contribution >= 0.6 is 24.8 Å². The lowest BCUT2D eigenvalue weighted by Gasteiger charge is -2.14. The fourth-order valence-corrected chi connectivity index (χ4v) is 2.76. The SMILES string of the molecule is Cl.Cl.NC1CCC(C(=O)Nc2ccccc2Cn2cncn2)C1. The van der Waals surface area contributed by atoms with Crippen LogP contribution in [0.1, 0.15) is 24.8 Å². The summed E-state index contributed by atoms with van der Waals surface area (Å²) in [5.41, 5.74) is 7.72. The molecule has 6 nitrogen and oxygen atoms in total. The fraction of sp³-hybridized carbons (Fsp3) is 0.400. The number of halogens is 2. The van der Waals surface area contributed by atoms with E-state index in [2.05, 4.69) is 15.4 Å². The summed E-state index contributed by atoms with van der Waals surface area (Å²) in [5.74, 6) is 0.0911. The number of benzene rings is 1. The highest BCUT2D eigenvalue weighted by molar-refractivity contribution is 5.93. The van der Waals surface area contributed by atoms with Crippen molar-refractivity contribution in [2.24, 2.45) is 11.7 Å². The van der Waals surface area contributed by atoms with E-state index in [4.69, 9.17) is 5.73 Å².